The van der Waals surface area contributed by atoms with Gasteiger partial charge in [-0.25, -0.2) is 4.98 Å². The minimum Gasteiger partial charge on any atom is -0.485 e. The number of hydrogen-bond donors (Lipinski definition) is 1. The van der Waals surface area contributed by atoms with Crippen LogP contribution in [-0.2, 0) is 0 Å². The van der Waals surface area contributed by atoms with Gasteiger partial charge in [-0.3, -0.25) is 4.79 Å². The molecule has 0 saturated carbocycles. The number of fused-ring (bicyclic) bond motifs is 1. The van der Waals surface area contributed by atoms with E-state index < -0.39 is 0 Å². The topological polar surface area (TPSA) is 75.0 Å². The molecule has 0 unspecified atom stereocenters. The zero-order valence-corrected chi connectivity index (χ0v) is 21.6. The van der Waals surface area contributed by atoms with E-state index in [4.69, 9.17) is 9.72 Å². The van der Waals surface area contributed by atoms with Crippen molar-refractivity contribution in [3.8, 4) is 23.1 Å². The van der Waals surface area contributed by atoms with Gasteiger partial charge in [0.15, 0.2) is 0 Å². The molecular weight excluding hydrogens is 478 g/mol. The molecule has 0 bridgehead atoms. The first kappa shape index (κ1) is 24.2. The van der Waals surface area contributed by atoms with E-state index in [-0.39, 0.29) is 12.0 Å². The van der Waals surface area contributed by atoms with E-state index in [1.165, 1.54) is 11.3 Å². The highest BCUT2D eigenvalue weighted by Gasteiger charge is 2.21. The Morgan fingerprint density at radius 1 is 1.03 bits per heavy atom. The lowest BCUT2D eigenvalue weighted by molar-refractivity contribution is 0.102. The third-order valence-electron chi connectivity index (χ3n) is 6.17. The highest BCUT2D eigenvalue weighted by molar-refractivity contribution is 7.17. The van der Waals surface area contributed by atoms with Crippen LogP contribution in [0.2, 0.25) is 0 Å². The molecule has 0 saturated heterocycles. The summed E-state index contributed by atoms with van der Waals surface area (Å²) in [5.41, 5.74) is 6.53. The van der Waals surface area contributed by atoms with Gasteiger partial charge in [0.25, 0.3) is 5.91 Å². The molecule has 37 heavy (non-hydrogen) atoms. The number of allylic oxidation sites excluding steroid dienone is 1. The summed E-state index contributed by atoms with van der Waals surface area (Å²) in [5, 5.41) is 14.2. The maximum Gasteiger partial charge on any atom is 0.256 e. The van der Waals surface area contributed by atoms with Crippen LogP contribution in [0, 0.1) is 25.2 Å². The maximum atomic E-state index is 13.1. The summed E-state index contributed by atoms with van der Waals surface area (Å²) >= 11 is 1.29. The highest BCUT2D eigenvalue weighted by Crippen LogP contribution is 2.38. The summed E-state index contributed by atoms with van der Waals surface area (Å²) in [5.74, 6) is 0.599. The van der Waals surface area contributed by atoms with E-state index >= 15 is 0 Å². The number of aryl methyl sites for hydroxylation is 2. The Bertz CT molecular complexity index is 1570. The van der Waals surface area contributed by atoms with Gasteiger partial charge in [0.05, 0.1) is 5.57 Å². The van der Waals surface area contributed by atoms with Crippen LogP contribution in [0.3, 0.4) is 0 Å². The predicted molar refractivity (Wildman–Crippen MR) is 150 cm³/mol. The molecule has 3 aromatic carbocycles. The van der Waals surface area contributed by atoms with E-state index in [0.29, 0.717) is 26.8 Å². The van der Waals surface area contributed by atoms with Crippen LogP contribution in [-0.4, -0.2) is 17.0 Å². The second-order valence-corrected chi connectivity index (χ2v) is 9.99. The molecule has 4 aromatic rings. The monoisotopic (exact) mass is 503 g/mol. The van der Waals surface area contributed by atoms with Crippen LogP contribution in [0.25, 0.3) is 22.9 Å². The number of nitriles is 1. The Morgan fingerprint density at radius 2 is 1.70 bits per heavy atom. The number of carbonyl (C=O) groups excluding carboxylic acids is 1. The Hall–Kier alpha value is -4.47. The number of aromatic nitrogens is 1. The van der Waals surface area contributed by atoms with E-state index in [0.717, 1.165) is 33.6 Å². The van der Waals surface area contributed by atoms with E-state index in [1.54, 1.807) is 12.1 Å². The van der Waals surface area contributed by atoms with Gasteiger partial charge in [0.1, 0.15) is 33.6 Å². The van der Waals surface area contributed by atoms with Crippen molar-refractivity contribution in [3.63, 3.8) is 0 Å². The molecule has 5 nitrogen and oxygen atoms in total. The molecule has 6 heteroatoms. The summed E-state index contributed by atoms with van der Waals surface area (Å²) in [6, 6.07) is 25.5. The Labute approximate surface area is 220 Å². The number of thiazole rings is 1. The van der Waals surface area contributed by atoms with Crippen molar-refractivity contribution < 1.29 is 9.53 Å². The number of nitrogens with zero attached hydrogens (tertiary/aromatic N) is 2. The molecule has 2 heterocycles. The Balaban J connectivity index is 1.55. The van der Waals surface area contributed by atoms with Crippen LogP contribution in [0.15, 0.2) is 84.4 Å². The molecule has 0 radical (unpaired) electrons. The van der Waals surface area contributed by atoms with E-state index in [9.17, 15) is 10.1 Å². The standard InChI is InChI=1S/C31H25N3O2S/c1-19-8-12-22(13-9-19)28-31(34-29(35)23-14-10-20(2)11-15-23)37-30(33-28)26(18-32)17-25-16-24-6-4-5-7-27(24)36-21(25)3/h4-17,21H,1-3H3,(H,34,35)/b26-17+/t21-/m0/s1. The van der Waals surface area contributed by atoms with E-state index in [2.05, 4.69) is 11.4 Å². The van der Waals surface area contributed by atoms with Crippen LogP contribution in [0.4, 0.5) is 5.00 Å². The summed E-state index contributed by atoms with van der Waals surface area (Å²) in [6.45, 7) is 5.96. The molecule has 1 amide bonds. The lowest BCUT2D eigenvalue weighted by Gasteiger charge is -2.22. The zero-order valence-electron chi connectivity index (χ0n) is 20.8. The average molecular weight is 504 g/mol. The lowest BCUT2D eigenvalue weighted by Crippen LogP contribution is -2.17. The van der Waals surface area contributed by atoms with Crippen molar-refractivity contribution in [3.05, 3.63) is 112 Å². The number of hydrogen-bond acceptors (Lipinski definition) is 5. The third kappa shape index (κ3) is 5.23. The molecular formula is C31H25N3O2S. The first-order valence-electron chi connectivity index (χ1n) is 12.0. The third-order valence-corrected chi connectivity index (χ3v) is 7.17. The number of nitrogens with one attached hydrogen (secondary N) is 1. The smallest absolute Gasteiger partial charge is 0.256 e. The zero-order chi connectivity index (χ0) is 25.9. The summed E-state index contributed by atoms with van der Waals surface area (Å²) in [6.07, 6.45) is 3.65. The van der Waals surface area contributed by atoms with Crippen LogP contribution in [0.1, 0.15) is 39.0 Å². The average Bonchev–Trinajstić information content (AvgIpc) is 3.31. The molecule has 1 aromatic heterocycles. The molecule has 0 aliphatic carbocycles. The normalized spacial score (nSPS) is 14.7. The quantitative estimate of drug-likeness (QED) is 0.287. The summed E-state index contributed by atoms with van der Waals surface area (Å²) in [7, 11) is 0. The summed E-state index contributed by atoms with van der Waals surface area (Å²) in [4.78, 5) is 17.9. The fraction of sp³-hybridized carbons (Fsp3) is 0.129. The van der Waals surface area contributed by atoms with Gasteiger partial charge in [-0.1, -0.05) is 77.1 Å². The number of para-hydroxylation sites is 1. The van der Waals surface area contributed by atoms with Crippen LogP contribution >= 0.6 is 11.3 Å². The van der Waals surface area contributed by atoms with Crippen molar-refractivity contribution in [2.75, 3.05) is 5.32 Å². The van der Waals surface area contributed by atoms with Crippen molar-refractivity contribution in [2.45, 2.75) is 26.9 Å². The van der Waals surface area contributed by atoms with Gasteiger partial charge < -0.3 is 10.1 Å². The van der Waals surface area contributed by atoms with Crippen LogP contribution in [0.5, 0.6) is 5.75 Å². The molecule has 0 fully saturated rings. The maximum absolute atomic E-state index is 13.1. The number of amides is 1. The SMILES string of the molecule is Cc1ccc(C(=O)Nc2sc(/C(C#N)=C/C3=Cc4ccccc4O[C@H]3C)nc2-c2ccc(C)cc2)cc1. The predicted octanol–water partition coefficient (Wildman–Crippen LogP) is 7.45. The van der Waals surface area contributed by atoms with Gasteiger partial charge in [-0.15, -0.1) is 0 Å². The lowest BCUT2D eigenvalue weighted by atomic mass is 10.0. The molecule has 182 valence electrons. The van der Waals surface area contributed by atoms with Gasteiger partial charge in [-0.05, 0) is 56.7 Å². The van der Waals surface area contributed by atoms with Crippen molar-refractivity contribution in [2.24, 2.45) is 0 Å². The highest BCUT2D eigenvalue weighted by atomic mass is 32.1. The fourth-order valence-corrected chi connectivity index (χ4v) is 4.99. The number of rotatable bonds is 5. The number of ether oxygens (including phenoxy) is 1. The molecule has 1 N–H and O–H groups in total. The van der Waals surface area contributed by atoms with E-state index in [1.807, 2.05) is 93.6 Å². The van der Waals surface area contributed by atoms with Crippen molar-refractivity contribution >= 4 is 33.9 Å². The minimum absolute atomic E-state index is 0.213. The fourth-order valence-electron chi connectivity index (χ4n) is 4.04. The molecule has 5 rings (SSSR count). The first-order chi connectivity index (χ1) is 17.9. The molecule has 1 atom stereocenters. The van der Waals surface area contributed by atoms with Gasteiger partial charge in [0, 0.05) is 16.7 Å². The minimum atomic E-state index is -0.223. The first-order valence-corrected chi connectivity index (χ1v) is 12.8. The Morgan fingerprint density at radius 3 is 2.41 bits per heavy atom. The second-order valence-electron chi connectivity index (χ2n) is 8.99. The van der Waals surface area contributed by atoms with Crippen LogP contribution < -0.4 is 10.1 Å². The second kappa shape index (κ2) is 10.3. The summed E-state index contributed by atoms with van der Waals surface area (Å²) < 4.78 is 6.05. The number of benzene rings is 3. The molecule has 0 spiro atoms. The molecule has 1 aliphatic heterocycles. The van der Waals surface area contributed by atoms with Crippen molar-refractivity contribution in [1.29, 1.82) is 5.26 Å². The largest absolute Gasteiger partial charge is 0.485 e. The van der Waals surface area contributed by atoms with Gasteiger partial charge in [-0.2, -0.15) is 5.26 Å². The Kier molecular flexibility index (Phi) is 6.72. The number of anilines is 1. The number of carbonyl (C=O) groups is 1. The molecule has 1 aliphatic rings. The van der Waals surface area contributed by atoms with Gasteiger partial charge >= 0.3 is 0 Å². The van der Waals surface area contributed by atoms with Crippen molar-refractivity contribution in [1.82, 2.24) is 4.98 Å². The van der Waals surface area contributed by atoms with Gasteiger partial charge in [0.2, 0.25) is 0 Å².